The maximum absolute atomic E-state index is 5.34. The Kier molecular flexibility index (Phi) is 14.4. The van der Waals surface area contributed by atoms with E-state index in [1.807, 2.05) is 18.8 Å². The van der Waals surface area contributed by atoms with E-state index in [1.165, 1.54) is 19.4 Å². The van der Waals surface area contributed by atoms with Gasteiger partial charge in [0.15, 0.2) is 5.96 Å². The summed E-state index contributed by atoms with van der Waals surface area (Å²) >= 11 is 1.84. The van der Waals surface area contributed by atoms with Crippen molar-refractivity contribution in [2.24, 2.45) is 4.99 Å². The lowest BCUT2D eigenvalue weighted by molar-refractivity contribution is 0.0372. The Hall–Kier alpha value is 0.270. The lowest BCUT2D eigenvalue weighted by atomic mass is 10.3. The number of morpholine rings is 1. The summed E-state index contributed by atoms with van der Waals surface area (Å²) in [6.07, 6.45) is 4.53. The number of hydrogen-bond acceptors (Lipinski definition) is 4. The average Bonchev–Trinajstić information content (AvgIpc) is 2.46. The van der Waals surface area contributed by atoms with E-state index in [0.29, 0.717) is 0 Å². The Bertz CT molecular complexity index is 251. The highest BCUT2D eigenvalue weighted by atomic mass is 127. The molecule has 1 rings (SSSR count). The van der Waals surface area contributed by atoms with E-state index in [0.717, 1.165) is 51.1 Å². The molecule has 1 aliphatic heterocycles. The van der Waals surface area contributed by atoms with Crippen LogP contribution in [0.4, 0.5) is 0 Å². The Morgan fingerprint density at radius 2 is 1.90 bits per heavy atom. The molecule has 20 heavy (non-hydrogen) atoms. The zero-order chi connectivity index (χ0) is 13.8. The largest absolute Gasteiger partial charge is 0.379 e. The highest BCUT2D eigenvalue weighted by molar-refractivity contribution is 14.0. The SMILES string of the molecule is CN=C(NCCCCN1CCOCC1)NCCSC.I. The number of unbranched alkanes of at least 4 members (excludes halogenated alkanes) is 1. The van der Waals surface area contributed by atoms with E-state index in [-0.39, 0.29) is 24.0 Å². The van der Waals surface area contributed by atoms with Gasteiger partial charge in [0.2, 0.25) is 0 Å². The van der Waals surface area contributed by atoms with Crippen molar-refractivity contribution in [3.8, 4) is 0 Å². The molecule has 0 saturated carbocycles. The van der Waals surface area contributed by atoms with Gasteiger partial charge in [0.25, 0.3) is 0 Å². The van der Waals surface area contributed by atoms with Gasteiger partial charge in [-0.1, -0.05) is 0 Å². The van der Waals surface area contributed by atoms with Crippen molar-refractivity contribution in [2.45, 2.75) is 12.8 Å². The molecular formula is C13H29IN4OS. The number of ether oxygens (including phenoxy) is 1. The van der Waals surface area contributed by atoms with Crippen LogP contribution in [0.3, 0.4) is 0 Å². The zero-order valence-electron chi connectivity index (χ0n) is 12.7. The van der Waals surface area contributed by atoms with Crippen LogP contribution >= 0.6 is 35.7 Å². The molecule has 0 aromatic heterocycles. The van der Waals surface area contributed by atoms with E-state index >= 15 is 0 Å². The second-order valence-corrected chi connectivity index (χ2v) is 5.57. The first-order valence-corrected chi connectivity index (χ1v) is 8.49. The molecule has 0 radical (unpaired) electrons. The Morgan fingerprint density at radius 1 is 1.20 bits per heavy atom. The fourth-order valence-electron chi connectivity index (χ4n) is 1.98. The number of aliphatic imine (C=N–C) groups is 1. The molecule has 7 heteroatoms. The van der Waals surface area contributed by atoms with Crippen molar-refractivity contribution >= 4 is 41.7 Å². The van der Waals surface area contributed by atoms with Crippen molar-refractivity contribution in [1.29, 1.82) is 0 Å². The summed E-state index contributed by atoms with van der Waals surface area (Å²) in [5, 5.41) is 6.65. The maximum Gasteiger partial charge on any atom is 0.191 e. The second kappa shape index (κ2) is 14.2. The van der Waals surface area contributed by atoms with Gasteiger partial charge in [-0.2, -0.15) is 11.8 Å². The van der Waals surface area contributed by atoms with Gasteiger partial charge >= 0.3 is 0 Å². The fourth-order valence-corrected chi connectivity index (χ4v) is 2.29. The quantitative estimate of drug-likeness (QED) is 0.270. The summed E-state index contributed by atoms with van der Waals surface area (Å²) in [7, 11) is 1.82. The van der Waals surface area contributed by atoms with Gasteiger partial charge in [-0.05, 0) is 25.6 Å². The summed E-state index contributed by atoms with van der Waals surface area (Å²) < 4.78 is 5.34. The molecule has 120 valence electrons. The van der Waals surface area contributed by atoms with Crippen LogP contribution in [0, 0.1) is 0 Å². The Morgan fingerprint density at radius 3 is 2.55 bits per heavy atom. The molecule has 1 fully saturated rings. The molecule has 0 spiro atoms. The zero-order valence-corrected chi connectivity index (χ0v) is 15.8. The van der Waals surface area contributed by atoms with Gasteiger partial charge in [0.05, 0.1) is 13.2 Å². The molecule has 1 saturated heterocycles. The summed E-state index contributed by atoms with van der Waals surface area (Å²) in [6.45, 7) is 7.10. The maximum atomic E-state index is 5.34. The third-order valence-corrected chi connectivity index (χ3v) is 3.73. The first kappa shape index (κ1) is 20.3. The smallest absolute Gasteiger partial charge is 0.191 e. The molecule has 0 aromatic carbocycles. The molecule has 1 aliphatic rings. The lowest BCUT2D eigenvalue weighted by Crippen LogP contribution is -2.39. The van der Waals surface area contributed by atoms with Crippen molar-refractivity contribution < 1.29 is 4.74 Å². The van der Waals surface area contributed by atoms with Crippen molar-refractivity contribution in [3.05, 3.63) is 0 Å². The first-order chi connectivity index (χ1) is 9.36. The number of rotatable bonds is 8. The monoisotopic (exact) mass is 416 g/mol. The number of guanidine groups is 1. The van der Waals surface area contributed by atoms with Crippen LogP contribution in [0.1, 0.15) is 12.8 Å². The molecular weight excluding hydrogens is 387 g/mol. The van der Waals surface area contributed by atoms with E-state index in [2.05, 4.69) is 26.8 Å². The minimum absolute atomic E-state index is 0. The standard InChI is InChI=1S/C13H28N4OS.HI/c1-14-13(16-6-12-19-2)15-5-3-4-7-17-8-10-18-11-9-17;/h3-12H2,1-2H3,(H2,14,15,16);1H. The minimum Gasteiger partial charge on any atom is -0.379 e. The summed E-state index contributed by atoms with van der Waals surface area (Å²) in [4.78, 5) is 6.69. The third kappa shape index (κ3) is 10.1. The highest BCUT2D eigenvalue weighted by Gasteiger charge is 2.08. The van der Waals surface area contributed by atoms with Crippen molar-refractivity contribution in [2.75, 3.05) is 65.0 Å². The summed E-state index contributed by atoms with van der Waals surface area (Å²) in [5.74, 6) is 2.03. The summed E-state index contributed by atoms with van der Waals surface area (Å²) in [6, 6.07) is 0. The Balaban J connectivity index is 0.00000361. The molecule has 0 amide bonds. The minimum atomic E-state index is 0. The normalized spacial score (nSPS) is 16.6. The van der Waals surface area contributed by atoms with Crippen LogP contribution in [0.25, 0.3) is 0 Å². The molecule has 0 aliphatic carbocycles. The Labute approximate surface area is 144 Å². The number of hydrogen-bond donors (Lipinski definition) is 2. The van der Waals surface area contributed by atoms with Crippen LogP contribution in [0.15, 0.2) is 4.99 Å². The lowest BCUT2D eigenvalue weighted by Gasteiger charge is -2.26. The van der Waals surface area contributed by atoms with Crippen LogP contribution in [-0.4, -0.2) is 75.9 Å². The van der Waals surface area contributed by atoms with Gasteiger partial charge in [-0.25, -0.2) is 0 Å². The van der Waals surface area contributed by atoms with Gasteiger partial charge < -0.3 is 15.4 Å². The molecule has 0 atom stereocenters. The predicted molar refractivity (Wildman–Crippen MR) is 99.7 cm³/mol. The molecule has 0 unspecified atom stereocenters. The first-order valence-electron chi connectivity index (χ1n) is 7.10. The number of thioether (sulfide) groups is 1. The van der Waals surface area contributed by atoms with E-state index in [9.17, 15) is 0 Å². The van der Waals surface area contributed by atoms with Crippen LogP contribution in [0.2, 0.25) is 0 Å². The molecule has 0 bridgehead atoms. The number of nitrogens with one attached hydrogen (secondary N) is 2. The topological polar surface area (TPSA) is 48.9 Å². The van der Waals surface area contributed by atoms with Gasteiger partial charge in [-0.15, -0.1) is 24.0 Å². The summed E-state index contributed by atoms with van der Waals surface area (Å²) in [5.41, 5.74) is 0. The average molecular weight is 416 g/mol. The second-order valence-electron chi connectivity index (χ2n) is 4.58. The molecule has 1 heterocycles. The van der Waals surface area contributed by atoms with Crippen molar-refractivity contribution in [1.82, 2.24) is 15.5 Å². The predicted octanol–water partition coefficient (Wildman–Crippen LogP) is 1.24. The third-order valence-electron chi connectivity index (χ3n) is 3.12. The number of halogens is 1. The van der Waals surface area contributed by atoms with Crippen LogP contribution in [-0.2, 0) is 4.74 Å². The van der Waals surface area contributed by atoms with Crippen molar-refractivity contribution in [3.63, 3.8) is 0 Å². The molecule has 2 N–H and O–H groups in total. The molecule has 0 aromatic rings. The van der Waals surface area contributed by atoms with E-state index < -0.39 is 0 Å². The van der Waals surface area contributed by atoms with Gasteiger partial charge in [-0.3, -0.25) is 9.89 Å². The molecule has 5 nitrogen and oxygen atoms in total. The van der Waals surface area contributed by atoms with E-state index in [4.69, 9.17) is 4.74 Å². The van der Waals surface area contributed by atoms with Gasteiger partial charge in [0, 0.05) is 39.0 Å². The number of nitrogens with zero attached hydrogens (tertiary/aromatic N) is 2. The van der Waals surface area contributed by atoms with Crippen LogP contribution in [0.5, 0.6) is 0 Å². The van der Waals surface area contributed by atoms with Gasteiger partial charge in [0.1, 0.15) is 0 Å². The van der Waals surface area contributed by atoms with E-state index in [1.54, 1.807) is 0 Å². The highest BCUT2D eigenvalue weighted by Crippen LogP contribution is 1.99. The van der Waals surface area contributed by atoms with Crippen LogP contribution < -0.4 is 10.6 Å². The fraction of sp³-hybridized carbons (Fsp3) is 0.923.